The Balaban J connectivity index is 1.94. The molecule has 0 saturated heterocycles. The number of nitrogens with one attached hydrogen (secondary N) is 1. The van der Waals surface area contributed by atoms with Crippen LogP contribution in [0.3, 0.4) is 0 Å². The summed E-state index contributed by atoms with van der Waals surface area (Å²) in [6.07, 6.45) is 2.21. The van der Waals surface area contributed by atoms with E-state index in [1.54, 1.807) is 23.5 Å². The average molecular weight is 271 g/mol. The zero-order valence-electron chi connectivity index (χ0n) is 10.5. The lowest BCUT2D eigenvalue weighted by atomic mass is 10.2. The molecule has 2 aromatic heterocycles. The van der Waals surface area contributed by atoms with Gasteiger partial charge in [0.1, 0.15) is 11.8 Å². The number of carbonyl (C=O) groups excluding carboxylic acids is 1. The second-order valence-corrected chi connectivity index (χ2v) is 5.23. The third-order valence-electron chi connectivity index (χ3n) is 2.59. The third-order valence-corrected chi connectivity index (χ3v) is 3.49. The molecule has 0 fully saturated rings. The van der Waals surface area contributed by atoms with E-state index in [9.17, 15) is 4.79 Å². The highest BCUT2D eigenvalue weighted by molar-refractivity contribution is 7.09. The van der Waals surface area contributed by atoms with E-state index in [2.05, 4.69) is 10.3 Å². The van der Waals surface area contributed by atoms with Crippen molar-refractivity contribution in [3.63, 3.8) is 0 Å². The second-order valence-electron chi connectivity index (χ2n) is 4.20. The molecule has 96 valence electrons. The Labute approximate surface area is 115 Å². The summed E-state index contributed by atoms with van der Waals surface area (Å²) in [7, 11) is 0. The van der Waals surface area contributed by atoms with Gasteiger partial charge >= 0.3 is 0 Å². The molecule has 1 unspecified atom stereocenters. The first-order valence-corrected chi connectivity index (χ1v) is 6.76. The van der Waals surface area contributed by atoms with Crippen molar-refractivity contribution < 1.29 is 4.79 Å². The number of pyridine rings is 1. The molecule has 0 spiro atoms. The highest BCUT2D eigenvalue weighted by atomic mass is 32.1. The molecule has 5 heteroatoms. The van der Waals surface area contributed by atoms with Crippen LogP contribution in [0.2, 0.25) is 0 Å². The topological polar surface area (TPSA) is 65.8 Å². The van der Waals surface area contributed by atoms with Gasteiger partial charge in [-0.3, -0.25) is 4.79 Å². The molecule has 2 aromatic rings. The van der Waals surface area contributed by atoms with Crippen molar-refractivity contribution in [2.24, 2.45) is 0 Å². The van der Waals surface area contributed by atoms with E-state index in [0.717, 1.165) is 6.42 Å². The van der Waals surface area contributed by atoms with Gasteiger partial charge in [-0.05, 0) is 30.5 Å². The van der Waals surface area contributed by atoms with Crippen LogP contribution >= 0.6 is 11.3 Å². The quantitative estimate of drug-likeness (QED) is 0.928. The molecule has 0 saturated carbocycles. The minimum Gasteiger partial charge on any atom is -0.348 e. The molecule has 4 nitrogen and oxygen atoms in total. The van der Waals surface area contributed by atoms with Crippen LogP contribution in [0.1, 0.15) is 27.9 Å². The minimum absolute atomic E-state index is 0.0450. The van der Waals surface area contributed by atoms with Crippen LogP contribution in [-0.4, -0.2) is 16.9 Å². The Hall–Kier alpha value is -2.19. The first-order chi connectivity index (χ1) is 9.19. The number of nitriles is 1. The molecule has 0 aliphatic carbocycles. The van der Waals surface area contributed by atoms with Crippen molar-refractivity contribution in [3.05, 3.63) is 52.0 Å². The summed E-state index contributed by atoms with van der Waals surface area (Å²) < 4.78 is 0. The number of nitrogens with zero attached hydrogens (tertiary/aromatic N) is 2. The van der Waals surface area contributed by atoms with E-state index in [-0.39, 0.29) is 11.9 Å². The maximum atomic E-state index is 11.9. The minimum atomic E-state index is -0.214. The molecule has 2 rings (SSSR count). The Morgan fingerprint density at radius 1 is 1.53 bits per heavy atom. The van der Waals surface area contributed by atoms with Crippen molar-refractivity contribution in [2.75, 3.05) is 0 Å². The standard InChI is InChI=1S/C14H13N3OS/c1-10(7-12-3-2-6-19-12)17-14(18)13-5-4-11(8-15)9-16-13/h2-6,9-10H,7H2,1H3,(H,17,18). The maximum Gasteiger partial charge on any atom is 0.270 e. The van der Waals surface area contributed by atoms with Crippen molar-refractivity contribution in [2.45, 2.75) is 19.4 Å². The van der Waals surface area contributed by atoms with Gasteiger partial charge in [0.25, 0.3) is 5.91 Å². The highest BCUT2D eigenvalue weighted by Crippen LogP contribution is 2.11. The number of aromatic nitrogens is 1. The molecule has 19 heavy (non-hydrogen) atoms. The molecule has 0 aliphatic rings. The van der Waals surface area contributed by atoms with Gasteiger partial charge in [0.05, 0.1) is 5.56 Å². The molecule has 2 heterocycles. The van der Waals surface area contributed by atoms with Gasteiger partial charge in [0.15, 0.2) is 0 Å². The van der Waals surface area contributed by atoms with Gasteiger partial charge in [-0.1, -0.05) is 6.07 Å². The number of carbonyl (C=O) groups is 1. The summed E-state index contributed by atoms with van der Waals surface area (Å²) in [5.74, 6) is -0.214. The molecule has 0 radical (unpaired) electrons. The molecule has 0 aromatic carbocycles. The van der Waals surface area contributed by atoms with Crippen molar-refractivity contribution in [1.82, 2.24) is 10.3 Å². The van der Waals surface area contributed by atoms with Gasteiger partial charge in [-0.15, -0.1) is 11.3 Å². The third kappa shape index (κ3) is 3.63. The van der Waals surface area contributed by atoms with Crippen LogP contribution in [0.5, 0.6) is 0 Å². The fourth-order valence-electron chi connectivity index (χ4n) is 1.67. The van der Waals surface area contributed by atoms with Crippen LogP contribution in [0.4, 0.5) is 0 Å². The molecule has 1 amide bonds. The Kier molecular flexibility index (Phi) is 4.26. The summed E-state index contributed by atoms with van der Waals surface area (Å²) in [5.41, 5.74) is 0.778. The molecule has 0 bridgehead atoms. The molecule has 1 atom stereocenters. The van der Waals surface area contributed by atoms with E-state index in [0.29, 0.717) is 11.3 Å². The average Bonchev–Trinajstić information content (AvgIpc) is 2.91. The van der Waals surface area contributed by atoms with Crippen molar-refractivity contribution >= 4 is 17.2 Å². The van der Waals surface area contributed by atoms with Gasteiger partial charge in [0.2, 0.25) is 0 Å². The molecular weight excluding hydrogens is 258 g/mol. The Morgan fingerprint density at radius 3 is 2.95 bits per heavy atom. The van der Waals surface area contributed by atoms with E-state index in [1.807, 2.05) is 30.5 Å². The lowest BCUT2D eigenvalue weighted by Crippen LogP contribution is -2.34. The fraction of sp³-hybridized carbons (Fsp3) is 0.214. The summed E-state index contributed by atoms with van der Waals surface area (Å²) in [5, 5.41) is 13.6. The number of rotatable bonds is 4. The monoisotopic (exact) mass is 271 g/mol. The highest BCUT2D eigenvalue weighted by Gasteiger charge is 2.11. The smallest absolute Gasteiger partial charge is 0.270 e. The van der Waals surface area contributed by atoms with Crippen LogP contribution in [-0.2, 0) is 6.42 Å². The molecule has 1 N–H and O–H groups in total. The van der Waals surface area contributed by atoms with Crippen LogP contribution < -0.4 is 5.32 Å². The predicted octanol–water partition coefficient (Wildman–Crippen LogP) is 2.38. The van der Waals surface area contributed by atoms with Crippen molar-refractivity contribution in [1.29, 1.82) is 5.26 Å². The summed E-state index contributed by atoms with van der Waals surface area (Å²) in [4.78, 5) is 17.1. The zero-order chi connectivity index (χ0) is 13.7. The van der Waals surface area contributed by atoms with E-state index in [4.69, 9.17) is 5.26 Å². The zero-order valence-corrected chi connectivity index (χ0v) is 11.3. The summed E-state index contributed by atoms with van der Waals surface area (Å²) in [6, 6.07) is 9.21. The largest absolute Gasteiger partial charge is 0.348 e. The van der Waals surface area contributed by atoms with E-state index < -0.39 is 0 Å². The summed E-state index contributed by atoms with van der Waals surface area (Å²) >= 11 is 1.68. The summed E-state index contributed by atoms with van der Waals surface area (Å²) in [6.45, 7) is 1.96. The normalized spacial score (nSPS) is 11.6. The SMILES string of the molecule is CC(Cc1cccs1)NC(=O)c1ccc(C#N)cn1. The lowest BCUT2D eigenvalue weighted by Gasteiger charge is -2.12. The number of hydrogen-bond acceptors (Lipinski definition) is 4. The second kappa shape index (κ2) is 6.12. The fourth-order valence-corrected chi connectivity index (χ4v) is 2.51. The van der Waals surface area contributed by atoms with Crippen molar-refractivity contribution in [3.8, 4) is 6.07 Å². The van der Waals surface area contributed by atoms with E-state index in [1.165, 1.54) is 11.1 Å². The van der Waals surface area contributed by atoms with Gasteiger partial charge < -0.3 is 5.32 Å². The Morgan fingerprint density at radius 2 is 2.37 bits per heavy atom. The first-order valence-electron chi connectivity index (χ1n) is 5.88. The molecular formula is C14H13N3OS. The van der Waals surface area contributed by atoms with Gasteiger partial charge in [0, 0.05) is 23.5 Å². The van der Waals surface area contributed by atoms with Gasteiger partial charge in [-0.2, -0.15) is 5.26 Å². The van der Waals surface area contributed by atoms with E-state index >= 15 is 0 Å². The first kappa shape index (κ1) is 13.2. The van der Waals surface area contributed by atoms with Gasteiger partial charge in [-0.25, -0.2) is 4.98 Å². The predicted molar refractivity (Wildman–Crippen MR) is 73.9 cm³/mol. The maximum absolute atomic E-state index is 11.9. The Bertz CT molecular complexity index is 584. The number of hydrogen-bond donors (Lipinski definition) is 1. The van der Waals surface area contributed by atoms with Crippen LogP contribution in [0, 0.1) is 11.3 Å². The van der Waals surface area contributed by atoms with Crippen LogP contribution in [0.25, 0.3) is 0 Å². The lowest BCUT2D eigenvalue weighted by molar-refractivity contribution is 0.0935. The molecule has 0 aliphatic heterocycles. The number of amides is 1. The van der Waals surface area contributed by atoms with Crippen LogP contribution in [0.15, 0.2) is 35.8 Å². The number of thiophene rings is 1.